The molecular formula is C12H14O3S. The third kappa shape index (κ3) is 1.49. The van der Waals surface area contributed by atoms with Crippen molar-refractivity contribution >= 4 is 15.9 Å². The first-order chi connectivity index (χ1) is 7.24. The van der Waals surface area contributed by atoms with Crippen molar-refractivity contribution in [3.63, 3.8) is 0 Å². The Labute approximate surface area is 95.3 Å². The van der Waals surface area contributed by atoms with Gasteiger partial charge in [0.2, 0.25) is 9.84 Å². The van der Waals surface area contributed by atoms with E-state index in [4.69, 9.17) is 0 Å². The summed E-state index contributed by atoms with van der Waals surface area (Å²) in [7, 11) is -3.52. The molecule has 0 atom stereocenters. The monoisotopic (exact) mass is 238 g/mol. The summed E-state index contributed by atoms with van der Waals surface area (Å²) < 4.78 is 24.3. The summed E-state index contributed by atoms with van der Waals surface area (Å²) in [6, 6.07) is 5.15. The van der Waals surface area contributed by atoms with Gasteiger partial charge < -0.3 is 5.11 Å². The van der Waals surface area contributed by atoms with Crippen LogP contribution in [0.5, 0.6) is 0 Å². The normalized spacial score (nSPS) is 18.1. The molecule has 1 aromatic carbocycles. The third-order valence-corrected chi connectivity index (χ3v) is 4.87. The van der Waals surface area contributed by atoms with Gasteiger partial charge in [-0.15, -0.1) is 0 Å². The van der Waals surface area contributed by atoms with Gasteiger partial charge in [0.25, 0.3) is 0 Å². The Kier molecular flexibility index (Phi) is 2.26. The van der Waals surface area contributed by atoms with Crippen molar-refractivity contribution < 1.29 is 13.5 Å². The van der Waals surface area contributed by atoms with Gasteiger partial charge in [-0.05, 0) is 44.0 Å². The number of fused-ring (bicyclic) bond motifs is 1. The Balaban J connectivity index is 2.76. The van der Waals surface area contributed by atoms with Crippen LogP contribution in [0, 0.1) is 6.92 Å². The molecule has 86 valence electrons. The Morgan fingerprint density at radius 3 is 2.38 bits per heavy atom. The van der Waals surface area contributed by atoms with Crippen LogP contribution in [0.3, 0.4) is 0 Å². The van der Waals surface area contributed by atoms with Crippen LogP contribution >= 0.6 is 0 Å². The van der Waals surface area contributed by atoms with E-state index in [2.05, 4.69) is 0 Å². The lowest BCUT2D eigenvalue weighted by Crippen LogP contribution is -2.25. The lowest BCUT2D eigenvalue weighted by Gasteiger charge is -2.18. The molecule has 0 fully saturated rings. The first kappa shape index (κ1) is 11.4. The fourth-order valence-electron chi connectivity index (χ4n) is 1.91. The number of benzene rings is 1. The molecule has 1 aliphatic rings. The van der Waals surface area contributed by atoms with E-state index in [-0.39, 0.29) is 4.91 Å². The van der Waals surface area contributed by atoms with E-state index in [1.54, 1.807) is 18.2 Å². The lowest BCUT2D eigenvalue weighted by atomic mass is 10.0. The fraction of sp³-hybridized carbons (Fsp3) is 0.333. The smallest absolute Gasteiger partial charge is 0.206 e. The number of sulfone groups is 1. The van der Waals surface area contributed by atoms with Crippen LogP contribution in [0.15, 0.2) is 28.0 Å². The van der Waals surface area contributed by atoms with E-state index < -0.39 is 15.4 Å². The molecule has 0 saturated carbocycles. The summed E-state index contributed by atoms with van der Waals surface area (Å²) in [6.07, 6.45) is 1.57. The lowest BCUT2D eigenvalue weighted by molar-refractivity contribution is 0.129. The van der Waals surface area contributed by atoms with E-state index in [9.17, 15) is 13.5 Å². The van der Waals surface area contributed by atoms with Crippen LogP contribution in [-0.2, 0) is 9.84 Å². The van der Waals surface area contributed by atoms with Crippen LogP contribution in [0.4, 0.5) is 0 Å². The molecule has 1 heterocycles. The van der Waals surface area contributed by atoms with Crippen LogP contribution in [-0.4, -0.2) is 19.1 Å². The molecule has 0 unspecified atom stereocenters. The van der Waals surface area contributed by atoms with Gasteiger partial charge in [-0.2, -0.15) is 0 Å². The molecule has 0 bridgehead atoms. The zero-order chi connectivity index (χ0) is 12.1. The molecule has 0 aromatic heterocycles. The Morgan fingerprint density at radius 1 is 1.25 bits per heavy atom. The maximum absolute atomic E-state index is 12.2. The molecule has 3 nitrogen and oxygen atoms in total. The van der Waals surface area contributed by atoms with Gasteiger partial charge in [0.1, 0.15) is 0 Å². The molecule has 0 spiro atoms. The number of rotatable bonds is 1. The minimum atomic E-state index is -3.52. The van der Waals surface area contributed by atoms with Crippen molar-refractivity contribution in [3.8, 4) is 0 Å². The van der Waals surface area contributed by atoms with Gasteiger partial charge in [-0.25, -0.2) is 8.42 Å². The number of hydrogen-bond donors (Lipinski definition) is 1. The highest BCUT2D eigenvalue weighted by atomic mass is 32.2. The largest absolute Gasteiger partial charge is 0.385 e. The van der Waals surface area contributed by atoms with E-state index in [0.717, 1.165) is 5.56 Å². The summed E-state index contributed by atoms with van der Waals surface area (Å²) in [5.74, 6) is 0. The van der Waals surface area contributed by atoms with Gasteiger partial charge in [-0.1, -0.05) is 12.1 Å². The van der Waals surface area contributed by atoms with E-state index in [1.165, 1.54) is 13.8 Å². The van der Waals surface area contributed by atoms with Crippen molar-refractivity contribution in [2.75, 3.05) is 0 Å². The molecule has 0 amide bonds. The van der Waals surface area contributed by atoms with Crippen molar-refractivity contribution in [1.82, 2.24) is 0 Å². The van der Waals surface area contributed by atoms with Crippen LogP contribution < -0.4 is 0 Å². The molecule has 0 radical (unpaired) electrons. The second-order valence-corrected chi connectivity index (χ2v) is 6.44. The minimum absolute atomic E-state index is 0.0734. The van der Waals surface area contributed by atoms with Crippen molar-refractivity contribution in [1.29, 1.82) is 0 Å². The van der Waals surface area contributed by atoms with E-state index in [0.29, 0.717) is 10.5 Å². The minimum Gasteiger partial charge on any atom is -0.385 e. The van der Waals surface area contributed by atoms with E-state index in [1.807, 2.05) is 13.0 Å². The van der Waals surface area contributed by atoms with Gasteiger partial charge in [0, 0.05) is 0 Å². The Bertz CT molecular complexity index is 575. The number of aliphatic hydroxyl groups is 1. The Morgan fingerprint density at radius 2 is 1.88 bits per heavy atom. The molecule has 4 heteroatoms. The molecule has 16 heavy (non-hydrogen) atoms. The molecule has 1 aromatic rings. The summed E-state index contributed by atoms with van der Waals surface area (Å²) in [5.41, 5.74) is 0.254. The standard InChI is InChI=1S/C12H14O3S/c1-8-5-4-6-10-9(8)7-11(12(2,3)13)16(10,14)15/h4-7,13H,1-3H3. The first-order valence-electron chi connectivity index (χ1n) is 5.04. The second kappa shape index (κ2) is 3.18. The number of hydrogen-bond acceptors (Lipinski definition) is 3. The molecule has 2 rings (SSSR count). The van der Waals surface area contributed by atoms with Crippen molar-refractivity contribution in [2.24, 2.45) is 0 Å². The van der Waals surface area contributed by atoms with Crippen molar-refractivity contribution in [2.45, 2.75) is 31.3 Å². The summed E-state index contributed by atoms with van der Waals surface area (Å²) in [4.78, 5) is 0.369. The van der Waals surface area contributed by atoms with Gasteiger partial charge in [0.15, 0.2) is 0 Å². The zero-order valence-corrected chi connectivity index (χ0v) is 10.3. The van der Waals surface area contributed by atoms with Gasteiger partial charge >= 0.3 is 0 Å². The maximum Gasteiger partial charge on any atom is 0.206 e. The average Bonchev–Trinajstić information content (AvgIpc) is 2.39. The third-order valence-electron chi connectivity index (χ3n) is 2.74. The molecule has 0 aliphatic carbocycles. The van der Waals surface area contributed by atoms with Crippen LogP contribution in [0.2, 0.25) is 0 Å². The SMILES string of the molecule is Cc1cccc2c1C=C(C(C)(C)O)S2(=O)=O. The highest BCUT2D eigenvalue weighted by Crippen LogP contribution is 2.39. The molecular weight excluding hydrogens is 224 g/mol. The average molecular weight is 238 g/mol. The predicted octanol–water partition coefficient (Wildman–Crippen LogP) is 1.89. The zero-order valence-electron chi connectivity index (χ0n) is 9.48. The fourth-order valence-corrected chi connectivity index (χ4v) is 3.84. The van der Waals surface area contributed by atoms with Crippen LogP contribution in [0.25, 0.3) is 6.08 Å². The molecule has 1 aliphatic heterocycles. The van der Waals surface area contributed by atoms with E-state index >= 15 is 0 Å². The quantitative estimate of drug-likeness (QED) is 0.813. The van der Waals surface area contributed by atoms with Crippen molar-refractivity contribution in [3.05, 3.63) is 34.2 Å². The highest BCUT2D eigenvalue weighted by molar-refractivity contribution is 7.96. The second-order valence-electron chi connectivity index (χ2n) is 4.56. The Hall–Kier alpha value is -1.13. The topological polar surface area (TPSA) is 54.4 Å². The summed E-state index contributed by atoms with van der Waals surface area (Å²) >= 11 is 0. The molecule has 0 saturated heterocycles. The van der Waals surface area contributed by atoms with Crippen LogP contribution in [0.1, 0.15) is 25.0 Å². The first-order valence-corrected chi connectivity index (χ1v) is 6.52. The summed E-state index contributed by atoms with van der Waals surface area (Å²) in [6.45, 7) is 4.83. The highest BCUT2D eigenvalue weighted by Gasteiger charge is 2.38. The molecule has 1 N–H and O–H groups in total. The van der Waals surface area contributed by atoms with Gasteiger partial charge in [-0.3, -0.25) is 0 Å². The number of aryl methyl sites for hydroxylation is 1. The summed E-state index contributed by atoms with van der Waals surface area (Å²) in [5, 5.41) is 9.87. The van der Waals surface area contributed by atoms with Gasteiger partial charge in [0.05, 0.1) is 15.4 Å². The predicted molar refractivity (Wildman–Crippen MR) is 62.6 cm³/mol. The maximum atomic E-state index is 12.2.